The third-order valence-corrected chi connectivity index (χ3v) is 3.59. The third kappa shape index (κ3) is 1.44. The molecule has 3 atom stereocenters. The normalized spacial score (nSPS) is 45.0. The molecule has 0 radical (unpaired) electrons. The van der Waals surface area contributed by atoms with E-state index in [0.717, 1.165) is 17.9 Å². The van der Waals surface area contributed by atoms with Gasteiger partial charge in [0.2, 0.25) is 0 Å². The summed E-state index contributed by atoms with van der Waals surface area (Å²) >= 11 is 0. The van der Waals surface area contributed by atoms with Gasteiger partial charge in [0.1, 0.15) is 0 Å². The zero-order valence-electron chi connectivity index (χ0n) is 7.47. The minimum Gasteiger partial charge on any atom is -0.314 e. The number of piperidine rings is 1. The molecule has 1 aliphatic carbocycles. The van der Waals surface area contributed by atoms with Crippen LogP contribution in [0.3, 0.4) is 0 Å². The topological polar surface area (TPSA) is 12.0 Å². The summed E-state index contributed by atoms with van der Waals surface area (Å²) in [4.78, 5) is 0. The summed E-state index contributed by atoms with van der Waals surface area (Å²) < 4.78 is 0. The van der Waals surface area contributed by atoms with Crippen LogP contribution in [0.25, 0.3) is 0 Å². The second-order valence-corrected chi connectivity index (χ2v) is 4.24. The third-order valence-electron chi connectivity index (χ3n) is 3.59. The fourth-order valence-electron chi connectivity index (χ4n) is 2.90. The van der Waals surface area contributed by atoms with Gasteiger partial charge in [-0.25, -0.2) is 0 Å². The molecular formula is C10H19N. The Morgan fingerprint density at radius 1 is 1.09 bits per heavy atom. The van der Waals surface area contributed by atoms with E-state index in [-0.39, 0.29) is 0 Å². The summed E-state index contributed by atoms with van der Waals surface area (Å²) in [5, 5.41) is 3.58. The minimum atomic E-state index is 0.800. The fraction of sp³-hybridized carbons (Fsp3) is 1.00. The lowest BCUT2D eigenvalue weighted by Crippen LogP contribution is -2.45. The van der Waals surface area contributed by atoms with E-state index in [1.54, 1.807) is 0 Å². The smallest absolute Gasteiger partial charge is 0.00696 e. The molecule has 0 spiro atoms. The molecule has 2 rings (SSSR count). The van der Waals surface area contributed by atoms with Crippen molar-refractivity contribution in [3.8, 4) is 0 Å². The van der Waals surface area contributed by atoms with Gasteiger partial charge in [0.15, 0.2) is 0 Å². The molecule has 0 bridgehead atoms. The molecule has 11 heavy (non-hydrogen) atoms. The minimum absolute atomic E-state index is 0.800. The van der Waals surface area contributed by atoms with Crippen LogP contribution in [0.5, 0.6) is 0 Å². The van der Waals surface area contributed by atoms with Crippen molar-refractivity contribution >= 4 is 0 Å². The maximum absolute atomic E-state index is 3.58. The van der Waals surface area contributed by atoms with E-state index in [1.165, 1.54) is 38.6 Å². The van der Waals surface area contributed by atoms with Gasteiger partial charge in [-0.2, -0.15) is 0 Å². The van der Waals surface area contributed by atoms with E-state index in [9.17, 15) is 0 Å². The molecule has 1 N–H and O–H groups in total. The molecule has 0 amide bonds. The first kappa shape index (κ1) is 7.60. The van der Waals surface area contributed by atoms with Crippen molar-refractivity contribution in [1.82, 2.24) is 5.32 Å². The Kier molecular flexibility index (Phi) is 2.17. The van der Waals surface area contributed by atoms with Crippen molar-refractivity contribution in [2.75, 3.05) is 6.54 Å². The van der Waals surface area contributed by atoms with Crippen molar-refractivity contribution in [2.24, 2.45) is 11.8 Å². The van der Waals surface area contributed by atoms with Crippen LogP contribution in [0.2, 0.25) is 0 Å². The maximum Gasteiger partial charge on any atom is 0.00696 e. The van der Waals surface area contributed by atoms with Crippen molar-refractivity contribution in [2.45, 2.75) is 45.1 Å². The van der Waals surface area contributed by atoms with E-state index in [0.29, 0.717) is 0 Å². The van der Waals surface area contributed by atoms with Gasteiger partial charge < -0.3 is 5.32 Å². The molecule has 1 heteroatoms. The molecule has 1 aliphatic heterocycles. The number of nitrogens with one attached hydrogen (secondary N) is 1. The predicted octanol–water partition coefficient (Wildman–Crippen LogP) is 2.17. The highest BCUT2D eigenvalue weighted by Crippen LogP contribution is 2.36. The summed E-state index contributed by atoms with van der Waals surface area (Å²) in [6.07, 6.45) is 7.41. The second-order valence-electron chi connectivity index (χ2n) is 4.24. The quantitative estimate of drug-likeness (QED) is 0.562. The highest BCUT2D eigenvalue weighted by molar-refractivity contribution is 4.86. The van der Waals surface area contributed by atoms with Gasteiger partial charge in [-0.05, 0) is 38.1 Å². The standard InChI is InChI=1S/C10H19N/c1-8-10-5-3-2-4-9(10)6-7-11-8/h8-11H,2-7H2,1H3/t8-,9?,10?/m0/s1. The van der Waals surface area contributed by atoms with Crippen LogP contribution in [0.15, 0.2) is 0 Å². The first-order chi connectivity index (χ1) is 5.38. The van der Waals surface area contributed by atoms with Crippen LogP contribution >= 0.6 is 0 Å². The lowest BCUT2D eigenvalue weighted by atomic mass is 9.72. The highest BCUT2D eigenvalue weighted by atomic mass is 14.9. The van der Waals surface area contributed by atoms with E-state index in [4.69, 9.17) is 0 Å². The first-order valence-corrected chi connectivity index (χ1v) is 5.11. The summed E-state index contributed by atoms with van der Waals surface area (Å²) in [7, 11) is 0. The molecule has 0 aromatic carbocycles. The van der Waals surface area contributed by atoms with E-state index in [2.05, 4.69) is 12.2 Å². The summed E-state index contributed by atoms with van der Waals surface area (Å²) in [5.41, 5.74) is 0. The molecule has 2 fully saturated rings. The average Bonchev–Trinajstić information content (AvgIpc) is 2.06. The van der Waals surface area contributed by atoms with Crippen molar-refractivity contribution in [3.05, 3.63) is 0 Å². The zero-order chi connectivity index (χ0) is 7.68. The Morgan fingerprint density at radius 2 is 1.91 bits per heavy atom. The molecule has 2 unspecified atom stereocenters. The maximum atomic E-state index is 3.58. The van der Waals surface area contributed by atoms with Gasteiger partial charge in [0, 0.05) is 6.04 Å². The van der Waals surface area contributed by atoms with E-state index < -0.39 is 0 Å². The Labute approximate surface area is 69.6 Å². The van der Waals surface area contributed by atoms with Gasteiger partial charge >= 0.3 is 0 Å². The van der Waals surface area contributed by atoms with Crippen molar-refractivity contribution < 1.29 is 0 Å². The molecule has 64 valence electrons. The molecule has 1 saturated carbocycles. The lowest BCUT2D eigenvalue weighted by Gasteiger charge is -2.40. The van der Waals surface area contributed by atoms with Gasteiger partial charge in [0.05, 0.1) is 0 Å². The SMILES string of the molecule is C[C@@H]1NCCC2CCCCC21. The monoisotopic (exact) mass is 153 g/mol. The fourth-order valence-corrected chi connectivity index (χ4v) is 2.90. The van der Waals surface area contributed by atoms with Gasteiger partial charge in [-0.1, -0.05) is 19.3 Å². The van der Waals surface area contributed by atoms with Gasteiger partial charge in [-0.3, -0.25) is 0 Å². The Bertz CT molecular complexity index is 131. The Morgan fingerprint density at radius 3 is 2.73 bits per heavy atom. The summed E-state index contributed by atoms with van der Waals surface area (Å²) in [5.74, 6) is 2.08. The first-order valence-electron chi connectivity index (χ1n) is 5.11. The van der Waals surface area contributed by atoms with E-state index >= 15 is 0 Å². The number of hydrogen-bond donors (Lipinski definition) is 1. The molecule has 1 nitrogen and oxygen atoms in total. The van der Waals surface area contributed by atoms with Gasteiger partial charge in [-0.15, -0.1) is 0 Å². The Hall–Kier alpha value is -0.0400. The molecule has 1 heterocycles. The van der Waals surface area contributed by atoms with Crippen LogP contribution in [0.1, 0.15) is 39.0 Å². The molecular weight excluding hydrogens is 134 g/mol. The number of fused-ring (bicyclic) bond motifs is 1. The van der Waals surface area contributed by atoms with Crippen LogP contribution < -0.4 is 5.32 Å². The number of rotatable bonds is 0. The summed E-state index contributed by atoms with van der Waals surface area (Å²) in [6.45, 7) is 3.63. The van der Waals surface area contributed by atoms with Gasteiger partial charge in [0.25, 0.3) is 0 Å². The van der Waals surface area contributed by atoms with Crippen LogP contribution in [0.4, 0.5) is 0 Å². The summed E-state index contributed by atoms with van der Waals surface area (Å²) in [6, 6.07) is 0.800. The van der Waals surface area contributed by atoms with Crippen LogP contribution in [-0.4, -0.2) is 12.6 Å². The largest absolute Gasteiger partial charge is 0.314 e. The molecule has 2 aliphatic rings. The predicted molar refractivity (Wildman–Crippen MR) is 47.5 cm³/mol. The lowest BCUT2D eigenvalue weighted by molar-refractivity contribution is 0.142. The van der Waals surface area contributed by atoms with Crippen LogP contribution in [0, 0.1) is 11.8 Å². The van der Waals surface area contributed by atoms with Crippen molar-refractivity contribution in [3.63, 3.8) is 0 Å². The second kappa shape index (κ2) is 3.14. The molecule has 0 aromatic rings. The Balaban J connectivity index is 1.99. The average molecular weight is 153 g/mol. The number of hydrogen-bond acceptors (Lipinski definition) is 1. The highest BCUT2D eigenvalue weighted by Gasteiger charge is 2.31. The van der Waals surface area contributed by atoms with Crippen LogP contribution in [-0.2, 0) is 0 Å². The van der Waals surface area contributed by atoms with E-state index in [1.807, 2.05) is 0 Å². The van der Waals surface area contributed by atoms with Crippen molar-refractivity contribution in [1.29, 1.82) is 0 Å². The zero-order valence-corrected chi connectivity index (χ0v) is 7.47. The molecule has 0 aromatic heterocycles. The molecule has 1 saturated heterocycles.